The van der Waals surface area contributed by atoms with E-state index in [0.29, 0.717) is 0 Å². The summed E-state index contributed by atoms with van der Waals surface area (Å²) in [4.78, 5) is 11.0. The van der Waals surface area contributed by atoms with E-state index in [1.54, 1.807) is 6.92 Å². The number of esters is 1. The second kappa shape index (κ2) is 3.44. The second-order valence-corrected chi connectivity index (χ2v) is 2.09. The van der Waals surface area contributed by atoms with E-state index in [0.717, 1.165) is 0 Å². The van der Waals surface area contributed by atoms with Gasteiger partial charge in [-0.15, -0.1) is 0 Å². The van der Waals surface area contributed by atoms with Crippen molar-refractivity contribution < 1.29 is 15.3 Å². The molecule has 0 amide bonds. The van der Waals surface area contributed by atoms with Gasteiger partial charge in [-0.05, 0) is 30.6 Å². The standard InChI is InChI=1S/C7H7ClO3/c1-2-10-7(9)5-3-4-6(8)11-5/h3-4H,2H2,1H3/i4D. The van der Waals surface area contributed by atoms with Crippen molar-refractivity contribution in [2.75, 3.05) is 6.61 Å². The fourth-order valence-electron chi connectivity index (χ4n) is 0.581. The summed E-state index contributed by atoms with van der Waals surface area (Å²) in [6, 6.07) is 1.21. The molecule has 0 saturated carbocycles. The predicted octanol–water partition coefficient (Wildman–Crippen LogP) is 2.11. The Bertz CT molecular complexity index is 275. The Morgan fingerprint density at radius 2 is 2.73 bits per heavy atom. The molecule has 0 unspecified atom stereocenters. The first-order valence-electron chi connectivity index (χ1n) is 3.58. The molecular weight excluding hydrogens is 168 g/mol. The van der Waals surface area contributed by atoms with E-state index in [-0.39, 0.29) is 23.6 Å². The van der Waals surface area contributed by atoms with Crippen LogP contribution in [-0.4, -0.2) is 12.6 Å². The second-order valence-electron chi connectivity index (χ2n) is 1.75. The Labute approximate surface area is 70.3 Å². The molecule has 0 aliphatic rings. The van der Waals surface area contributed by atoms with E-state index in [2.05, 4.69) is 4.74 Å². The van der Waals surface area contributed by atoms with Gasteiger partial charge in [-0.1, -0.05) is 0 Å². The monoisotopic (exact) mass is 175 g/mol. The molecule has 1 aromatic heterocycles. The lowest BCUT2D eigenvalue weighted by Crippen LogP contribution is -2.02. The van der Waals surface area contributed by atoms with E-state index in [4.69, 9.17) is 17.4 Å². The molecule has 1 rings (SSSR count). The summed E-state index contributed by atoms with van der Waals surface area (Å²) in [6.07, 6.45) is 0. The number of rotatable bonds is 2. The van der Waals surface area contributed by atoms with Gasteiger partial charge in [0.2, 0.25) is 5.76 Å². The smallest absolute Gasteiger partial charge is 0.374 e. The van der Waals surface area contributed by atoms with Gasteiger partial charge in [0.25, 0.3) is 0 Å². The van der Waals surface area contributed by atoms with Crippen molar-refractivity contribution >= 4 is 17.6 Å². The summed E-state index contributed by atoms with van der Waals surface area (Å²) < 4.78 is 16.5. The van der Waals surface area contributed by atoms with Crippen LogP contribution in [0.15, 0.2) is 16.5 Å². The molecule has 0 radical (unpaired) electrons. The Morgan fingerprint density at radius 1 is 2.00 bits per heavy atom. The molecule has 1 heterocycles. The largest absolute Gasteiger partial charge is 0.460 e. The van der Waals surface area contributed by atoms with Gasteiger partial charge < -0.3 is 9.15 Å². The van der Waals surface area contributed by atoms with Crippen molar-refractivity contribution in [1.29, 1.82) is 0 Å². The molecule has 0 N–H and O–H groups in total. The highest BCUT2D eigenvalue weighted by molar-refractivity contribution is 6.29. The topological polar surface area (TPSA) is 39.4 Å². The third kappa shape index (κ3) is 1.98. The summed E-state index contributed by atoms with van der Waals surface area (Å²) in [5.74, 6) is -0.634. The average Bonchev–Trinajstić information content (AvgIpc) is 2.33. The minimum atomic E-state index is -0.599. The third-order valence-electron chi connectivity index (χ3n) is 0.993. The fourth-order valence-corrected chi connectivity index (χ4v) is 0.718. The molecule has 11 heavy (non-hydrogen) atoms. The maximum Gasteiger partial charge on any atom is 0.374 e. The molecule has 3 nitrogen and oxygen atoms in total. The van der Waals surface area contributed by atoms with E-state index in [1.807, 2.05) is 0 Å². The summed E-state index contributed by atoms with van der Waals surface area (Å²) in [6.45, 7) is 1.95. The Kier molecular flexibility index (Phi) is 2.10. The SMILES string of the molecule is [2H]c1cc(C(=O)OCC)oc1Cl. The van der Waals surface area contributed by atoms with Crippen molar-refractivity contribution in [3.8, 4) is 0 Å². The lowest BCUT2D eigenvalue weighted by Gasteiger charge is -1.95. The van der Waals surface area contributed by atoms with Crippen LogP contribution in [0.4, 0.5) is 0 Å². The molecular formula is C7H7ClO3. The highest BCUT2D eigenvalue weighted by Crippen LogP contribution is 2.13. The van der Waals surface area contributed by atoms with Gasteiger partial charge in [-0.3, -0.25) is 0 Å². The fraction of sp³-hybridized carbons (Fsp3) is 0.286. The van der Waals surface area contributed by atoms with Crippen LogP contribution in [0.2, 0.25) is 5.22 Å². The zero-order valence-electron chi connectivity index (χ0n) is 6.89. The van der Waals surface area contributed by atoms with Crippen molar-refractivity contribution in [3.05, 3.63) is 23.1 Å². The molecule has 0 fully saturated rings. The lowest BCUT2D eigenvalue weighted by atomic mass is 10.5. The van der Waals surface area contributed by atoms with E-state index >= 15 is 0 Å². The van der Waals surface area contributed by atoms with Gasteiger partial charge in [-0.25, -0.2) is 4.79 Å². The van der Waals surface area contributed by atoms with Gasteiger partial charge in [-0.2, -0.15) is 0 Å². The zero-order chi connectivity index (χ0) is 9.14. The van der Waals surface area contributed by atoms with Crippen LogP contribution in [0, 0.1) is 0 Å². The number of carbonyl (C=O) groups excluding carboxylic acids is 1. The molecule has 0 atom stereocenters. The molecule has 60 valence electrons. The van der Waals surface area contributed by atoms with Crippen molar-refractivity contribution in [3.63, 3.8) is 0 Å². The van der Waals surface area contributed by atoms with Crippen molar-refractivity contribution in [1.82, 2.24) is 0 Å². The first-order valence-corrected chi connectivity index (χ1v) is 3.46. The Morgan fingerprint density at radius 3 is 3.18 bits per heavy atom. The van der Waals surface area contributed by atoms with Crippen LogP contribution in [0.25, 0.3) is 0 Å². The van der Waals surface area contributed by atoms with Crippen LogP contribution >= 0.6 is 11.6 Å². The number of carbonyl (C=O) groups is 1. The first kappa shape index (κ1) is 6.73. The van der Waals surface area contributed by atoms with E-state index in [9.17, 15) is 4.79 Å². The molecule has 4 heteroatoms. The number of furan rings is 1. The number of halogens is 1. The Hall–Kier alpha value is -0.960. The maximum absolute atomic E-state index is 11.0. The van der Waals surface area contributed by atoms with Crippen molar-refractivity contribution in [2.45, 2.75) is 6.92 Å². The predicted molar refractivity (Wildman–Crippen MR) is 39.7 cm³/mol. The number of hydrogen-bond donors (Lipinski definition) is 0. The van der Waals surface area contributed by atoms with Crippen LogP contribution in [0.3, 0.4) is 0 Å². The minimum absolute atomic E-state index is 0.0141. The molecule has 0 spiro atoms. The van der Waals surface area contributed by atoms with E-state index < -0.39 is 5.97 Å². The van der Waals surface area contributed by atoms with Gasteiger partial charge >= 0.3 is 5.97 Å². The van der Waals surface area contributed by atoms with Gasteiger partial charge in [0.05, 0.1) is 7.98 Å². The van der Waals surface area contributed by atoms with Crippen LogP contribution in [-0.2, 0) is 4.74 Å². The molecule has 0 aliphatic carbocycles. The molecule has 0 saturated heterocycles. The normalized spacial score (nSPS) is 10.9. The minimum Gasteiger partial charge on any atom is -0.460 e. The molecule has 0 aromatic carbocycles. The highest BCUT2D eigenvalue weighted by Gasteiger charge is 2.10. The van der Waals surface area contributed by atoms with Crippen molar-refractivity contribution in [2.24, 2.45) is 0 Å². The lowest BCUT2D eigenvalue weighted by molar-refractivity contribution is 0.0490. The maximum atomic E-state index is 11.0. The van der Waals surface area contributed by atoms with Gasteiger partial charge in [0, 0.05) is 0 Å². The first-order chi connectivity index (χ1) is 5.65. The van der Waals surface area contributed by atoms with Gasteiger partial charge in [0.15, 0.2) is 5.22 Å². The van der Waals surface area contributed by atoms with Crippen LogP contribution in [0.5, 0.6) is 0 Å². The summed E-state index contributed by atoms with van der Waals surface area (Å²) >= 11 is 5.41. The summed E-state index contributed by atoms with van der Waals surface area (Å²) in [5, 5.41) is -0.0990. The molecule has 0 bridgehead atoms. The Balaban J connectivity index is 2.82. The average molecular weight is 176 g/mol. The summed E-state index contributed by atoms with van der Waals surface area (Å²) in [5.41, 5.74) is 0. The van der Waals surface area contributed by atoms with Crippen LogP contribution in [0.1, 0.15) is 18.8 Å². The van der Waals surface area contributed by atoms with Crippen LogP contribution < -0.4 is 0 Å². The van der Waals surface area contributed by atoms with E-state index in [1.165, 1.54) is 6.07 Å². The number of ether oxygens (including phenoxy) is 1. The third-order valence-corrected chi connectivity index (χ3v) is 1.18. The molecule has 1 aromatic rings. The number of hydrogen-bond acceptors (Lipinski definition) is 3. The molecule has 0 aliphatic heterocycles. The highest BCUT2D eigenvalue weighted by atomic mass is 35.5. The quantitative estimate of drug-likeness (QED) is 0.647. The zero-order valence-corrected chi connectivity index (χ0v) is 6.64. The van der Waals surface area contributed by atoms with Gasteiger partial charge in [0.1, 0.15) is 0 Å². The summed E-state index contributed by atoms with van der Waals surface area (Å²) in [7, 11) is 0.